The summed E-state index contributed by atoms with van der Waals surface area (Å²) >= 11 is 5.73. The molecule has 0 radical (unpaired) electrons. The topological polar surface area (TPSA) is 0 Å². The molecule has 0 unspecified atom stereocenters. The molecule has 0 heterocycles. The van der Waals surface area contributed by atoms with E-state index >= 15 is 0 Å². The van der Waals surface area contributed by atoms with Crippen molar-refractivity contribution in [3.63, 3.8) is 0 Å². The van der Waals surface area contributed by atoms with Crippen molar-refractivity contribution in [3.05, 3.63) is 35.2 Å². The molecular formula is C9H12ClF. The molecule has 0 rings (SSSR count). The molecule has 0 spiro atoms. The second-order valence-electron chi connectivity index (χ2n) is 2.23. The third-order valence-electron chi connectivity index (χ3n) is 1.22. The average molecular weight is 175 g/mol. The van der Waals surface area contributed by atoms with Gasteiger partial charge in [-0.05, 0) is 31.1 Å². The molecule has 0 aromatic heterocycles. The molecule has 0 amide bonds. The SMILES string of the molecule is C=C(CC)/C(Cl)=C\C=C(/C)F. The van der Waals surface area contributed by atoms with Crippen LogP contribution in [0.25, 0.3) is 0 Å². The van der Waals surface area contributed by atoms with Crippen molar-refractivity contribution in [2.45, 2.75) is 20.3 Å². The summed E-state index contributed by atoms with van der Waals surface area (Å²) in [4.78, 5) is 0. The summed E-state index contributed by atoms with van der Waals surface area (Å²) in [7, 11) is 0. The fourth-order valence-corrected chi connectivity index (χ4v) is 0.671. The third-order valence-corrected chi connectivity index (χ3v) is 1.62. The van der Waals surface area contributed by atoms with Crippen LogP contribution in [0.2, 0.25) is 0 Å². The first-order valence-electron chi connectivity index (χ1n) is 3.45. The van der Waals surface area contributed by atoms with E-state index in [4.69, 9.17) is 11.6 Å². The third kappa shape index (κ3) is 4.79. The summed E-state index contributed by atoms with van der Waals surface area (Å²) in [5.41, 5.74) is 0.823. The van der Waals surface area contributed by atoms with Crippen molar-refractivity contribution in [2.75, 3.05) is 0 Å². The first kappa shape index (κ1) is 10.4. The lowest BCUT2D eigenvalue weighted by atomic mass is 10.2. The molecule has 0 nitrogen and oxygen atoms in total. The Hall–Kier alpha value is -0.560. The van der Waals surface area contributed by atoms with Crippen LogP contribution >= 0.6 is 11.6 Å². The minimum atomic E-state index is -0.257. The largest absolute Gasteiger partial charge is 0.212 e. The van der Waals surface area contributed by atoms with Gasteiger partial charge in [-0.2, -0.15) is 0 Å². The highest BCUT2D eigenvalue weighted by molar-refractivity contribution is 6.32. The first-order valence-corrected chi connectivity index (χ1v) is 3.83. The molecule has 2 heteroatoms. The minimum absolute atomic E-state index is 0.257. The quantitative estimate of drug-likeness (QED) is 0.569. The molecule has 0 saturated heterocycles. The van der Waals surface area contributed by atoms with E-state index in [-0.39, 0.29) is 5.83 Å². The molecule has 0 aliphatic carbocycles. The van der Waals surface area contributed by atoms with E-state index in [0.717, 1.165) is 12.0 Å². The van der Waals surface area contributed by atoms with Crippen molar-refractivity contribution in [2.24, 2.45) is 0 Å². The fraction of sp³-hybridized carbons (Fsp3) is 0.333. The van der Waals surface area contributed by atoms with Gasteiger partial charge >= 0.3 is 0 Å². The van der Waals surface area contributed by atoms with Crippen LogP contribution in [0, 0.1) is 0 Å². The molecule has 11 heavy (non-hydrogen) atoms. The second-order valence-corrected chi connectivity index (χ2v) is 2.63. The Bertz CT molecular complexity index is 198. The van der Waals surface area contributed by atoms with Crippen LogP contribution in [-0.2, 0) is 0 Å². The molecule has 0 aromatic carbocycles. The van der Waals surface area contributed by atoms with Crippen molar-refractivity contribution >= 4 is 11.6 Å². The summed E-state index contributed by atoms with van der Waals surface area (Å²) in [5, 5.41) is 0.518. The molecular weight excluding hydrogens is 163 g/mol. The minimum Gasteiger partial charge on any atom is -0.212 e. The summed E-state index contributed by atoms with van der Waals surface area (Å²) in [6.07, 6.45) is 3.63. The Balaban J connectivity index is 4.23. The Morgan fingerprint density at radius 2 is 2.09 bits per heavy atom. The van der Waals surface area contributed by atoms with Gasteiger partial charge in [0.15, 0.2) is 0 Å². The van der Waals surface area contributed by atoms with Gasteiger partial charge in [0.2, 0.25) is 0 Å². The Morgan fingerprint density at radius 3 is 2.45 bits per heavy atom. The van der Waals surface area contributed by atoms with Crippen LogP contribution in [0.15, 0.2) is 35.2 Å². The average Bonchev–Trinajstić information content (AvgIpc) is 1.98. The van der Waals surface area contributed by atoms with Gasteiger partial charge in [0.25, 0.3) is 0 Å². The lowest BCUT2D eigenvalue weighted by molar-refractivity contribution is 0.640. The summed E-state index contributed by atoms with van der Waals surface area (Å²) in [6, 6.07) is 0. The number of hydrogen-bond acceptors (Lipinski definition) is 0. The Morgan fingerprint density at radius 1 is 1.55 bits per heavy atom. The van der Waals surface area contributed by atoms with Crippen LogP contribution in [0.3, 0.4) is 0 Å². The summed E-state index contributed by atoms with van der Waals surface area (Å²) in [6.45, 7) is 7.02. The second kappa shape index (κ2) is 5.14. The molecule has 0 saturated carbocycles. The predicted octanol–water partition coefficient (Wildman–Crippen LogP) is 3.95. The maximum atomic E-state index is 12.2. The van der Waals surface area contributed by atoms with Crippen LogP contribution in [-0.4, -0.2) is 0 Å². The van der Waals surface area contributed by atoms with E-state index in [0.29, 0.717) is 5.03 Å². The highest BCUT2D eigenvalue weighted by Gasteiger charge is 1.93. The van der Waals surface area contributed by atoms with E-state index in [2.05, 4.69) is 6.58 Å². The van der Waals surface area contributed by atoms with Crippen LogP contribution < -0.4 is 0 Å². The van der Waals surface area contributed by atoms with Gasteiger partial charge in [-0.1, -0.05) is 25.1 Å². The molecule has 0 aliphatic heterocycles. The highest BCUT2D eigenvalue weighted by atomic mass is 35.5. The predicted molar refractivity (Wildman–Crippen MR) is 48.2 cm³/mol. The maximum absolute atomic E-state index is 12.2. The zero-order valence-corrected chi connectivity index (χ0v) is 7.58. The standard InChI is InChI=1S/C9H12ClF/c1-4-7(2)9(10)6-5-8(3)11/h5-6H,2,4H2,1,3H3/b8-5+,9-6+. The van der Waals surface area contributed by atoms with Crippen molar-refractivity contribution < 1.29 is 4.39 Å². The Kier molecular flexibility index (Phi) is 4.88. The summed E-state index contributed by atoms with van der Waals surface area (Å²) < 4.78 is 12.2. The van der Waals surface area contributed by atoms with Gasteiger partial charge in [0.1, 0.15) is 0 Å². The molecule has 0 N–H and O–H groups in total. The highest BCUT2D eigenvalue weighted by Crippen LogP contribution is 2.15. The van der Waals surface area contributed by atoms with Gasteiger partial charge in [0, 0.05) is 5.03 Å². The monoisotopic (exact) mass is 174 g/mol. The molecule has 0 fully saturated rings. The molecule has 0 bridgehead atoms. The molecule has 0 aromatic rings. The van der Waals surface area contributed by atoms with Crippen molar-refractivity contribution in [1.29, 1.82) is 0 Å². The number of rotatable bonds is 3. The van der Waals surface area contributed by atoms with Gasteiger partial charge in [-0.25, -0.2) is 4.39 Å². The number of hydrogen-bond donors (Lipinski definition) is 0. The first-order chi connectivity index (χ1) is 5.07. The van der Waals surface area contributed by atoms with Crippen molar-refractivity contribution in [3.8, 4) is 0 Å². The van der Waals surface area contributed by atoms with E-state index < -0.39 is 0 Å². The molecule has 62 valence electrons. The van der Waals surface area contributed by atoms with Gasteiger partial charge in [0.05, 0.1) is 5.83 Å². The van der Waals surface area contributed by atoms with E-state index in [1.807, 2.05) is 6.92 Å². The van der Waals surface area contributed by atoms with Crippen LogP contribution in [0.5, 0.6) is 0 Å². The molecule has 0 atom stereocenters. The summed E-state index contributed by atoms with van der Waals surface area (Å²) in [5.74, 6) is -0.257. The van der Waals surface area contributed by atoms with Gasteiger partial charge < -0.3 is 0 Å². The lowest BCUT2D eigenvalue weighted by Gasteiger charge is -1.96. The normalized spacial score (nSPS) is 13.5. The zero-order chi connectivity index (χ0) is 8.85. The van der Waals surface area contributed by atoms with E-state index in [1.54, 1.807) is 0 Å². The van der Waals surface area contributed by atoms with E-state index in [9.17, 15) is 4.39 Å². The molecule has 0 aliphatic rings. The zero-order valence-electron chi connectivity index (χ0n) is 6.82. The van der Waals surface area contributed by atoms with Crippen LogP contribution in [0.1, 0.15) is 20.3 Å². The number of halogens is 2. The Labute approximate surface area is 72.1 Å². The van der Waals surface area contributed by atoms with Crippen molar-refractivity contribution in [1.82, 2.24) is 0 Å². The smallest absolute Gasteiger partial charge is 0.0969 e. The number of allylic oxidation sites excluding steroid dienone is 5. The lowest BCUT2D eigenvalue weighted by Crippen LogP contribution is -1.76. The van der Waals surface area contributed by atoms with Crippen LogP contribution in [0.4, 0.5) is 4.39 Å². The fourth-order valence-electron chi connectivity index (χ4n) is 0.475. The van der Waals surface area contributed by atoms with Gasteiger partial charge in [-0.3, -0.25) is 0 Å². The van der Waals surface area contributed by atoms with E-state index in [1.165, 1.54) is 19.1 Å². The van der Waals surface area contributed by atoms with Gasteiger partial charge in [-0.15, -0.1) is 0 Å². The maximum Gasteiger partial charge on any atom is 0.0969 e.